The van der Waals surface area contributed by atoms with Crippen LogP contribution in [-0.2, 0) is 83.2 Å². The molecule has 2 fully saturated rings. The highest BCUT2D eigenvalue weighted by molar-refractivity contribution is 7.99. The summed E-state index contributed by atoms with van der Waals surface area (Å²) in [6, 6.07) is 2.40. The van der Waals surface area contributed by atoms with Gasteiger partial charge in [0.1, 0.15) is 49.0 Å². The lowest BCUT2D eigenvalue weighted by molar-refractivity contribution is -0.148. The van der Waals surface area contributed by atoms with Crippen molar-refractivity contribution in [3.05, 3.63) is 65.7 Å². The van der Waals surface area contributed by atoms with Crippen LogP contribution in [0.2, 0.25) is 0 Å². The molecule has 13 amide bonds. The molecule has 6 rings (SSSR count). The van der Waals surface area contributed by atoms with E-state index in [1.54, 1.807) is 39.8 Å². The van der Waals surface area contributed by atoms with E-state index >= 15 is 4.79 Å². The highest BCUT2D eigenvalue weighted by Gasteiger charge is 2.46. The molecule has 0 aliphatic carbocycles. The lowest BCUT2D eigenvalue weighted by Gasteiger charge is -2.31. The number of ketones is 3. The number of carboxylic acid groups (broad SMARTS) is 1. The standard InChI is InChI=1S/C73H101N13O22S/c1-8-40(4)64-68(101)76-33-59(94)79-52(37-109-70-41(5)49-22-21-47(106-7)31-51(49)81-70)55(90)29-44(30-62(97)98)71(103)86-34-48(32-53(86)67(100)84-65(42(6)56(91)35-87)54(89)23-19-46(88)20-24-58(93)83-64)108-38-77-73(105)107-36-43-15-17-45(18-16-43)78-66(99)50(13-12-27-75-72(74)104)80-69(102)63(39(2)3)82-57(92)14-10-9-11-28-85-60(95)25-26-61(85)96/h15-18,21-22,25-26,31,39-40,42,44,48,50,52-53,56,63-65,81,87,91H,8-14,19-20,23-24,27-30,32-38H2,1-7H3,(H,76,101)(H,77,105)(H,78,99)(H,79,94)(H,80,102)(H,82,92)(H,83,93)(H,84,100)(H,97,98)(H3,74,75,104)/t40-,42-,44-,48-,50-,52-,53?,56-,63-,64+,65+/m0/s1. The smallest absolute Gasteiger partial charge is 0.409 e. The summed E-state index contributed by atoms with van der Waals surface area (Å²) in [6.07, 6.45) is -3.35. The van der Waals surface area contributed by atoms with E-state index in [0.29, 0.717) is 47.5 Å². The van der Waals surface area contributed by atoms with Crippen LogP contribution in [-0.4, -0.2) is 225 Å². The van der Waals surface area contributed by atoms with E-state index in [2.05, 4.69) is 52.8 Å². The van der Waals surface area contributed by atoms with Crippen LogP contribution in [0, 0.1) is 30.6 Å². The van der Waals surface area contributed by atoms with Crippen LogP contribution in [0.25, 0.3) is 10.9 Å². The quantitative estimate of drug-likeness (QED) is 0.0181. The molecule has 596 valence electrons. The summed E-state index contributed by atoms with van der Waals surface area (Å²) in [5, 5.41) is 55.9. The summed E-state index contributed by atoms with van der Waals surface area (Å²) >= 11 is 1.11. The number of benzene rings is 2. The Morgan fingerprint density at radius 2 is 1.50 bits per heavy atom. The van der Waals surface area contributed by atoms with Crippen LogP contribution in [0.5, 0.6) is 5.75 Å². The van der Waals surface area contributed by atoms with Crippen molar-refractivity contribution in [2.75, 3.05) is 57.7 Å². The molecule has 3 aliphatic heterocycles. The Kier molecular flexibility index (Phi) is 34.6. The van der Waals surface area contributed by atoms with E-state index in [9.17, 15) is 87.2 Å². The Labute approximate surface area is 633 Å². The van der Waals surface area contributed by atoms with Crippen molar-refractivity contribution in [1.82, 2.24) is 57.3 Å². The summed E-state index contributed by atoms with van der Waals surface area (Å²) in [7, 11) is 1.50. The second-order valence-electron chi connectivity index (χ2n) is 27.5. The molecule has 0 bridgehead atoms. The Morgan fingerprint density at radius 3 is 2.16 bits per heavy atom. The van der Waals surface area contributed by atoms with E-state index < -0.39 is 225 Å². The number of anilines is 1. The number of hydrogen-bond acceptors (Lipinski definition) is 22. The van der Waals surface area contributed by atoms with Gasteiger partial charge in [-0.2, -0.15) is 0 Å². The van der Waals surface area contributed by atoms with E-state index in [1.165, 1.54) is 50.5 Å². The normalized spacial score (nSPS) is 20.9. The average Bonchev–Trinajstić information content (AvgIpc) is 1.67. The number of Topliss-reactive ketones (excluding diaryl/α,β-unsaturated/α-hetero) is 3. The van der Waals surface area contributed by atoms with Crippen molar-refractivity contribution in [2.45, 2.75) is 192 Å². The Morgan fingerprint density at radius 1 is 0.789 bits per heavy atom. The van der Waals surface area contributed by atoms with Crippen molar-refractivity contribution < 1.29 is 106 Å². The summed E-state index contributed by atoms with van der Waals surface area (Å²) < 4.78 is 16.8. The molecule has 15 N–H and O–H groups in total. The molecule has 2 saturated heterocycles. The number of amides is 13. The van der Waals surface area contributed by atoms with E-state index in [1.807, 2.05) is 13.0 Å². The van der Waals surface area contributed by atoms with Crippen molar-refractivity contribution in [1.29, 1.82) is 0 Å². The number of primary amides is 1. The van der Waals surface area contributed by atoms with Gasteiger partial charge in [0.2, 0.25) is 47.3 Å². The van der Waals surface area contributed by atoms with Gasteiger partial charge in [0.25, 0.3) is 11.8 Å². The number of nitrogens with zero attached hydrogens (tertiary/aromatic N) is 2. The van der Waals surface area contributed by atoms with E-state index in [0.717, 1.165) is 32.5 Å². The molecule has 35 nitrogen and oxygen atoms in total. The minimum absolute atomic E-state index is 0.0245. The van der Waals surface area contributed by atoms with E-state index in [4.69, 9.17) is 19.9 Å². The molecule has 2 aromatic carbocycles. The fraction of sp³-hybridized carbons (Fsp3) is 0.562. The summed E-state index contributed by atoms with van der Waals surface area (Å²) in [4.78, 5) is 220. The first-order valence-electron chi connectivity index (χ1n) is 36.2. The SMILES string of the molecule is CC[C@H](C)[C@H]1NC(=O)CCC(=O)CCC(=O)[C@@H]([C@@H](C)[C@@H](O)CO)NC(=O)C2C[C@H](OCNC(=O)OCc3ccc(NC(=O)[C@H](CCCNC(N)=O)NC(=O)[C@@H](NC(=O)CCCCCN4C(=O)C=CC4=O)C(C)C)cc3)CN2C(=O)[C@H](CC(=O)O)CC(=O)[C@H](CSc2[nH]c3cc(OC)ccc3c2C)NC(=O)CNC1=O. The van der Waals surface area contributed by atoms with Crippen LogP contribution < -0.4 is 58.3 Å². The number of imide groups is 1. The van der Waals surface area contributed by atoms with Gasteiger partial charge in [0.05, 0.1) is 67.4 Å². The lowest BCUT2D eigenvalue weighted by Crippen LogP contribution is -2.55. The van der Waals surface area contributed by atoms with Crippen LogP contribution in [0.15, 0.2) is 59.6 Å². The number of thioether (sulfide) groups is 1. The number of aryl methyl sites for hydroxylation is 1. The first-order chi connectivity index (χ1) is 51.8. The van der Waals surface area contributed by atoms with Crippen molar-refractivity contribution in [3.8, 4) is 5.75 Å². The van der Waals surface area contributed by atoms with Crippen molar-refractivity contribution in [3.63, 3.8) is 0 Å². The number of aromatic nitrogens is 1. The van der Waals surface area contributed by atoms with Crippen molar-refractivity contribution in [2.24, 2.45) is 29.4 Å². The number of fused-ring (bicyclic) bond motifs is 2. The maximum atomic E-state index is 15.1. The molecule has 11 atom stereocenters. The van der Waals surface area contributed by atoms with Gasteiger partial charge in [-0.25, -0.2) is 9.59 Å². The first-order valence-corrected chi connectivity index (χ1v) is 37.2. The van der Waals surface area contributed by atoms with Crippen LogP contribution in [0.4, 0.5) is 15.3 Å². The number of urea groups is 1. The molecule has 4 heterocycles. The second-order valence-corrected chi connectivity index (χ2v) is 28.5. The third kappa shape index (κ3) is 27.1. The highest BCUT2D eigenvalue weighted by Crippen LogP contribution is 2.33. The number of carboxylic acids is 1. The second kappa shape index (κ2) is 43.0. The maximum Gasteiger partial charge on any atom is 0.409 e. The molecule has 109 heavy (non-hydrogen) atoms. The molecule has 0 saturated carbocycles. The Hall–Kier alpha value is -10.3. The van der Waals surface area contributed by atoms with Crippen molar-refractivity contribution >= 4 is 123 Å². The minimum atomic E-state index is -1.74. The number of carbonyl (C=O) groups is 16. The molecule has 3 aromatic rings. The van der Waals surface area contributed by atoms with Gasteiger partial charge in [-0.1, -0.05) is 59.6 Å². The number of nitrogens with one attached hydrogen (secondary N) is 10. The van der Waals surface area contributed by atoms with Gasteiger partial charge < -0.3 is 87.7 Å². The molecular formula is C73H101N13O22S. The number of aliphatic carboxylic acids is 1. The van der Waals surface area contributed by atoms with Gasteiger partial charge in [-0.3, -0.25) is 77.3 Å². The predicted octanol–water partition coefficient (Wildman–Crippen LogP) is 1.31. The molecule has 3 aliphatic rings. The van der Waals surface area contributed by atoms with Gasteiger partial charge in [-0.15, -0.1) is 11.8 Å². The summed E-state index contributed by atoms with van der Waals surface area (Å²) in [5.74, 6) is -14.3. The van der Waals surface area contributed by atoms with Gasteiger partial charge in [0.15, 0.2) is 11.6 Å². The number of carbonyl (C=O) groups excluding carboxylic acids is 15. The monoisotopic (exact) mass is 1540 g/mol. The number of ether oxygens (including phenoxy) is 3. The third-order valence-electron chi connectivity index (χ3n) is 19.1. The number of aromatic amines is 1. The summed E-state index contributed by atoms with van der Waals surface area (Å²) in [6.45, 7) is 7.25. The number of aliphatic hydroxyl groups excluding tert-OH is 2. The van der Waals surface area contributed by atoms with Crippen LogP contribution in [0.3, 0.4) is 0 Å². The zero-order valence-corrected chi connectivity index (χ0v) is 63.0. The largest absolute Gasteiger partial charge is 0.497 e. The molecule has 0 spiro atoms. The van der Waals surface area contributed by atoms with Gasteiger partial charge >= 0.3 is 18.1 Å². The number of alkyl carbamates (subject to hydrolysis) is 1. The Balaban J connectivity index is 1.16. The molecule has 1 unspecified atom stereocenters. The molecule has 0 radical (unpaired) electrons. The zero-order chi connectivity index (χ0) is 80.2. The number of nitrogens with two attached hydrogens (primary N) is 1. The maximum absolute atomic E-state index is 15.1. The zero-order valence-electron chi connectivity index (χ0n) is 62.2. The number of rotatable bonds is 32. The number of unbranched alkanes of at least 4 members (excludes halogenated alkanes) is 2. The van der Waals surface area contributed by atoms with Gasteiger partial charge in [0, 0.05) is 106 Å². The highest BCUT2D eigenvalue weighted by atomic mass is 32.2. The number of H-pyrrole nitrogens is 1. The predicted molar refractivity (Wildman–Crippen MR) is 393 cm³/mol. The third-order valence-corrected chi connectivity index (χ3v) is 20.3. The number of methoxy groups -OCH3 is 1. The minimum Gasteiger partial charge on any atom is -0.497 e. The van der Waals surface area contributed by atoms with Crippen LogP contribution >= 0.6 is 11.8 Å². The average molecular weight is 1540 g/mol. The van der Waals surface area contributed by atoms with Gasteiger partial charge in [-0.05, 0) is 79.8 Å². The number of hydrogen-bond donors (Lipinski definition) is 14. The van der Waals surface area contributed by atoms with E-state index in [-0.39, 0.29) is 63.2 Å². The summed E-state index contributed by atoms with van der Waals surface area (Å²) in [5.41, 5.74) is 7.35. The molecule has 36 heteroatoms. The molecular weight excluding hydrogens is 1440 g/mol. The molecule has 1 aromatic heterocycles. The number of aliphatic hydroxyl groups is 2. The fourth-order valence-electron chi connectivity index (χ4n) is 12.4. The lowest BCUT2D eigenvalue weighted by atomic mass is 9.89. The topological polar surface area (TPSA) is 518 Å². The van der Waals surface area contributed by atoms with Crippen LogP contribution in [0.1, 0.15) is 136 Å². The fourth-order valence-corrected chi connectivity index (χ4v) is 13.5. The first kappa shape index (κ1) is 87.6. The Bertz CT molecular complexity index is 3810.